The van der Waals surface area contributed by atoms with Crippen LogP contribution in [0.4, 0.5) is 0 Å². The minimum absolute atomic E-state index is 0.867. The van der Waals surface area contributed by atoms with Crippen LogP contribution in [0.5, 0.6) is 0 Å². The average molecular weight is 165 g/mol. The molecule has 0 saturated carbocycles. The highest BCUT2D eigenvalue weighted by molar-refractivity contribution is 5.05. The summed E-state index contributed by atoms with van der Waals surface area (Å²) >= 11 is 0. The Hall–Kier alpha value is -1.08. The molecule has 68 valence electrons. The highest BCUT2D eigenvalue weighted by Gasteiger charge is 1.69. The van der Waals surface area contributed by atoms with Crippen LogP contribution < -0.4 is 5.32 Å². The molecule has 12 heavy (non-hydrogen) atoms. The van der Waals surface area contributed by atoms with E-state index in [-0.39, 0.29) is 0 Å². The van der Waals surface area contributed by atoms with Crippen molar-refractivity contribution < 1.29 is 0 Å². The summed E-state index contributed by atoms with van der Waals surface area (Å²) < 4.78 is 0. The summed E-state index contributed by atoms with van der Waals surface area (Å²) in [7, 11) is 0. The molecule has 0 aliphatic rings. The van der Waals surface area contributed by atoms with Gasteiger partial charge >= 0.3 is 0 Å². The normalized spacial score (nSPS) is 7.42. The predicted octanol–water partition coefficient (Wildman–Crippen LogP) is 2.70. The Kier molecular flexibility index (Phi) is 14.2. The number of allylic oxidation sites excluding steroid dienone is 2. The van der Waals surface area contributed by atoms with Crippen LogP contribution in [-0.2, 0) is 0 Å². The molecule has 0 unspecified atom stereocenters. The maximum atomic E-state index is 3.56. The van der Waals surface area contributed by atoms with E-state index >= 15 is 0 Å². The first-order chi connectivity index (χ1) is 5.68. The summed E-state index contributed by atoms with van der Waals surface area (Å²) in [5.74, 6) is 0. The molecule has 0 fully saturated rings. The fourth-order valence-corrected chi connectivity index (χ4v) is 0.287. The van der Waals surface area contributed by atoms with E-state index in [1.807, 2.05) is 19.1 Å². The van der Waals surface area contributed by atoms with E-state index in [1.165, 1.54) is 0 Å². The second-order valence-electron chi connectivity index (χ2n) is 2.29. The molecule has 1 nitrogen and oxygen atoms in total. The third-order valence-corrected chi connectivity index (χ3v) is 0.926. The van der Waals surface area contributed by atoms with Crippen LogP contribution in [0.2, 0.25) is 0 Å². The molecule has 0 spiro atoms. The molecule has 0 heterocycles. The lowest BCUT2D eigenvalue weighted by atomic mass is 10.4. The van der Waals surface area contributed by atoms with Crippen molar-refractivity contribution in [3.63, 3.8) is 0 Å². The first-order valence-electron chi connectivity index (χ1n) is 3.89. The lowest BCUT2D eigenvalue weighted by Crippen LogP contribution is -2.11. The third kappa shape index (κ3) is 23.1. The standard InChI is InChI=1S/C6H11N.C5H8/c1-3-5-7-6-4-2;1-4-5(2)3/h3-4,7H,1-2,5-6H2;4H,1-2H2,3H3. The van der Waals surface area contributed by atoms with Crippen LogP contribution in [-0.4, -0.2) is 13.1 Å². The van der Waals surface area contributed by atoms with Crippen molar-refractivity contribution in [1.29, 1.82) is 0 Å². The maximum absolute atomic E-state index is 3.56. The number of nitrogens with one attached hydrogen (secondary N) is 1. The monoisotopic (exact) mass is 165 g/mol. The second-order valence-corrected chi connectivity index (χ2v) is 2.29. The minimum atomic E-state index is 0.867. The van der Waals surface area contributed by atoms with Crippen molar-refractivity contribution in [2.24, 2.45) is 0 Å². The van der Waals surface area contributed by atoms with Crippen molar-refractivity contribution in [2.75, 3.05) is 13.1 Å². The molecule has 0 aromatic heterocycles. The Morgan fingerprint density at radius 2 is 1.50 bits per heavy atom. The van der Waals surface area contributed by atoms with E-state index in [2.05, 4.69) is 31.6 Å². The van der Waals surface area contributed by atoms with Gasteiger partial charge in [-0.2, -0.15) is 0 Å². The highest BCUT2D eigenvalue weighted by atomic mass is 14.8. The summed E-state index contributed by atoms with van der Waals surface area (Å²) in [6, 6.07) is 0. The molecular weight excluding hydrogens is 146 g/mol. The molecule has 0 atom stereocenters. The molecular formula is C11H19N. The Bertz CT molecular complexity index is 137. The molecule has 0 bridgehead atoms. The van der Waals surface area contributed by atoms with Crippen molar-refractivity contribution in [1.82, 2.24) is 5.32 Å². The van der Waals surface area contributed by atoms with Gasteiger partial charge in [-0.1, -0.05) is 37.0 Å². The van der Waals surface area contributed by atoms with Gasteiger partial charge in [-0.3, -0.25) is 0 Å². The quantitative estimate of drug-likeness (QED) is 0.375. The van der Waals surface area contributed by atoms with E-state index in [0.717, 1.165) is 18.7 Å². The van der Waals surface area contributed by atoms with Crippen LogP contribution in [0.25, 0.3) is 0 Å². The predicted molar refractivity (Wildman–Crippen MR) is 58.3 cm³/mol. The molecule has 1 heteroatoms. The van der Waals surface area contributed by atoms with Crippen molar-refractivity contribution in [3.8, 4) is 0 Å². The zero-order valence-electron chi connectivity index (χ0n) is 7.97. The van der Waals surface area contributed by atoms with Gasteiger partial charge in [0.25, 0.3) is 0 Å². The zero-order valence-corrected chi connectivity index (χ0v) is 7.97. The first kappa shape index (κ1) is 13.5. The Morgan fingerprint density at radius 3 is 1.67 bits per heavy atom. The van der Waals surface area contributed by atoms with Gasteiger partial charge in [0.1, 0.15) is 0 Å². The SMILES string of the molecule is C=CC(=C)C.C=CCNCC=C. The maximum Gasteiger partial charge on any atom is 0.0135 e. The lowest BCUT2D eigenvalue weighted by molar-refractivity contribution is 0.845. The van der Waals surface area contributed by atoms with Crippen LogP contribution >= 0.6 is 0 Å². The third-order valence-electron chi connectivity index (χ3n) is 0.926. The van der Waals surface area contributed by atoms with Gasteiger partial charge < -0.3 is 5.32 Å². The van der Waals surface area contributed by atoms with E-state index in [4.69, 9.17) is 0 Å². The summed E-state index contributed by atoms with van der Waals surface area (Å²) in [6.45, 7) is 17.7. The fourth-order valence-electron chi connectivity index (χ4n) is 0.287. The van der Waals surface area contributed by atoms with E-state index in [9.17, 15) is 0 Å². The Morgan fingerprint density at radius 1 is 1.17 bits per heavy atom. The summed E-state index contributed by atoms with van der Waals surface area (Å²) in [6.07, 6.45) is 5.37. The average Bonchev–Trinajstić information content (AvgIpc) is 2.07. The van der Waals surface area contributed by atoms with Gasteiger partial charge in [-0.25, -0.2) is 0 Å². The topological polar surface area (TPSA) is 12.0 Å². The largest absolute Gasteiger partial charge is 0.310 e. The molecule has 0 rings (SSSR count). The van der Waals surface area contributed by atoms with Crippen molar-refractivity contribution >= 4 is 0 Å². The number of hydrogen-bond acceptors (Lipinski definition) is 1. The second kappa shape index (κ2) is 12.6. The van der Waals surface area contributed by atoms with Gasteiger partial charge in [-0.15, -0.1) is 13.2 Å². The van der Waals surface area contributed by atoms with Crippen LogP contribution in [0.15, 0.2) is 50.1 Å². The molecule has 0 aliphatic carbocycles. The zero-order chi connectivity index (χ0) is 9.82. The number of rotatable bonds is 5. The molecule has 0 amide bonds. The smallest absolute Gasteiger partial charge is 0.0135 e. The van der Waals surface area contributed by atoms with Gasteiger partial charge in [0.05, 0.1) is 0 Å². The van der Waals surface area contributed by atoms with E-state index < -0.39 is 0 Å². The first-order valence-corrected chi connectivity index (χ1v) is 3.89. The Balaban J connectivity index is 0. The van der Waals surface area contributed by atoms with E-state index in [0.29, 0.717) is 0 Å². The Labute approximate surface area is 76.2 Å². The van der Waals surface area contributed by atoms with Gasteiger partial charge in [0.15, 0.2) is 0 Å². The van der Waals surface area contributed by atoms with E-state index in [1.54, 1.807) is 6.08 Å². The van der Waals surface area contributed by atoms with Crippen molar-refractivity contribution in [2.45, 2.75) is 6.92 Å². The van der Waals surface area contributed by atoms with Gasteiger partial charge in [-0.05, 0) is 6.92 Å². The van der Waals surface area contributed by atoms with Crippen LogP contribution in [0.3, 0.4) is 0 Å². The molecule has 0 saturated heterocycles. The molecule has 0 aliphatic heterocycles. The summed E-state index contributed by atoms with van der Waals surface area (Å²) in [4.78, 5) is 0. The van der Waals surface area contributed by atoms with Crippen LogP contribution in [0, 0.1) is 0 Å². The molecule has 0 radical (unpaired) electrons. The van der Waals surface area contributed by atoms with Gasteiger partial charge in [0, 0.05) is 13.1 Å². The lowest BCUT2D eigenvalue weighted by Gasteiger charge is -1.90. The molecule has 0 aromatic rings. The fraction of sp³-hybridized carbons (Fsp3) is 0.273. The summed E-state index contributed by atoms with van der Waals surface area (Å²) in [5, 5.41) is 3.05. The molecule has 1 N–H and O–H groups in total. The highest BCUT2D eigenvalue weighted by Crippen LogP contribution is 1.81. The van der Waals surface area contributed by atoms with Crippen molar-refractivity contribution in [3.05, 3.63) is 50.1 Å². The minimum Gasteiger partial charge on any atom is -0.310 e. The molecule has 0 aromatic carbocycles. The van der Waals surface area contributed by atoms with Crippen LogP contribution in [0.1, 0.15) is 6.92 Å². The van der Waals surface area contributed by atoms with Gasteiger partial charge in [0.2, 0.25) is 0 Å². The summed E-state index contributed by atoms with van der Waals surface area (Å²) in [5.41, 5.74) is 1.02. The number of hydrogen-bond donors (Lipinski definition) is 1.